The van der Waals surface area contributed by atoms with Gasteiger partial charge >= 0.3 is 8.60 Å². The highest BCUT2D eigenvalue weighted by Gasteiger charge is 2.39. The van der Waals surface area contributed by atoms with E-state index in [1.807, 2.05) is 0 Å². The van der Waals surface area contributed by atoms with E-state index in [1.54, 1.807) is 0 Å². The Labute approximate surface area is 187 Å². The van der Waals surface area contributed by atoms with E-state index in [0.717, 1.165) is 19.3 Å². The minimum atomic E-state index is -1.58. The lowest BCUT2D eigenvalue weighted by molar-refractivity contribution is -0.183. The van der Waals surface area contributed by atoms with E-state index in [0.29, 0.717) is 79.8 Å². The van der Waals surface area contributed by atoms with Crippen molar-refractivity contribution < 1.29 is 42.0 Å². The summed E-state index contributed by atoms with van der Waals surface area (Å²) < 4.78 is 52.0. The first-order valence-electron chi connectivity index (χ1n) is 11.2. The Morgan fingerprint density at radius 2 is 0.774 bits per heavy atom. The minimum Gasteiger partial charge on any atom is -0.355 e. The Morgan fingerprint density at radius 1 is 0.516 bits per heavy atom. The molecule has 182 valence electrons. The summed E-state index contributed by atoms with van der Waals surface area (Å²) in [5.41, 5.74) is -0.570. The third kappa shape index (κ3) is 7.27. The summed E-state index contributed by atoms with van der Waals surface area (Å²) in [7, 11) is -1.58. The predicted octanol–water partition coefficient (Wildman–Crippen LogP) is 3.47. The Kier molecular flexibility index (Phi) is 10.4. The highest BCUT2D eigenvalue weighted by Crippen LogP contribution is 2.46. The van der Waals surface area contributed by atoms with Crippen LogP contribution in [0.2, 0.25) is 0 Å². The maximum atomic E-state index is 6.23. The number of hydrogen-bond donors (Lipinski definition) is 0. The maximum Gasteiger partial charge on any atom is 0.332 e. The molecule has 3 rings (SSSR count). The van der Waals surface area contributed by atoms with Gasteiger partial charge < -0.3 is 42.0 Å². The van der Waals surface area contributed by atoms with Gasteiger partial charge in [-0.2, -0.15) is 0 Å². The van der Waals surface area contributed by atoms with Crippen LogP contribution >= 0.6 is 8.60 Å². The van der Waals surface area contributed by atoms with Crippen molar-refractivity contribution >= 4 is 8.60 Å². The fourth-order valence-corrected chi connectivity index (χ4v) is 5.06. The van der Waals surface area contributed by atoms with Gasteiger partial charge in [-0.05, 0) is 19.3 Å². The van der Waals surface area contributed by atoms with Gasteiger partial charge in [-0.15, -0.1) is 0 Å². The summed E-state index contributed by atoms with van der Waals surface area (Å²) >= 11 is 0. The van der Waals surface area contributed by atoms with Crippen molar-refractivity contribution in [1.29, 1.82) is 0 Å². The van der Waals surface area contributed by atoms with E-state index >= 15 is 0 Å². The highest BCUT2D eigenvalue weighted by molar-refractivity contribution is 7.41. The van der Waals surface area contributed by atoms with Crippen LogP contribution in [0.25, 0.3) is 0 Å². The van der Waals surface area contributed by atoms with E-state index in [4.69, 9.17) is 42.0 Å². The van der Waals surface area contributed by atoms with Crippen molar-refractivity contribution in [3.8, 4) is 0 Å². The normalized spacial score (nSPS) is 25.5. The molecule has 0 saturated carbocycles. The van der Waals surface area contributed by atoms with Gasteiger partial charge in [0.05, 0.1) is 59.5 Å². The molecule has 0 amide bonds. The van der Waals surface area contributed by atoms with Crippen LogP contribution in [0.4, 0.5) is 0 Å². The highest BCUT2D eigenvalue weighted by atomic mass is 31.2. The molecule has 0 unspecified atom stereocenters. The SMILES string of the molecule is CCC1(COP(OCC2(CC)COCOC2)OCC2(CC)COCOC2)COCOC1. The maximum absolute atomic E-state index is 6.23. The smallest absolute Gasteiger partial charge is 0.332 e. The van der Waals surface area contributed by atoms with Crippen LogP contribution in [0.3, 0.4) is 0 Å². The fourth-order valence-electron chi connectivity index (χ4n) is 3.70. The van der Waals surface area contributed by atoms with E-state index in [-0.39, 0.29) is 16.2 Å². The van der Waals surface area contributed by atoms with Crippen LogP contribution < -0.4 is 0 Å². The molecule has 0 atom stereocenters. The standard InChI is InChI=1S/C21H39O9P/c1-4-19(7-22-16-23-8-19)13-28-31(29-14-20(5-2)9-24-17-25-10-20)30-15-21(6-3)11-26-18-27-12-21/h4-18H2,1-3H3. The number of ether oxygens (including phenoxy) is 6. The number of rotatable bonds is 12. The second-order valence-corrected chi connectivity index (χ2v) is 10.3. The molecule has 3 aliphatic rings. The van der Waals surface area contributed by atoms with Crippen LogP contribution in [-0.4, -0.2) is 79.8 Å². The van der Waals surface area contributed by atoms with Gasteiger partial charge in [0.2, 0.25) is 0 Å². The largest absolute Gasteiger partial charge is 0.355 e. The van der Waals surface area contributed by atoms with Gasteiger partial charge in [-0.25, -0.2) is 0 Å². The molecular formula is C21H39O9P. The summed E-state index contributed by atoms with van der Waals surface area (Å²) in [6.07, 6.45) is 2.66. The first kappa shape index (κ1) is 25.7. The zero-order chi connectivity index (χ0) is 22.0. The Morgan fingerprint density at radius 3 is 1.00 bits per heavy atom. The lowest BCUT2D eigenvalue weighted by atomic mass is 9.88. The monoisotopic (exact) mass is 466 g/mol. The predicted molar refractivity (Wildman–Crippen MR) is 113 cm³/mol. The molecule has 0 radical (unpaired) electrons. The van der Waals surface area contributed by atoms with Gasteiger partial charge in [-0.1, -0.05) is 20.8 Å². The summed E-state index contributed by atoms with van der Waals surface area (Å²) in [6, 6.07) is 0. The third-order valence-corrected chi connectivity index (χ3v) is 7.65. The van der Waals surface area contributed by atoms with Crippen molar-refractivity contribution in [3.63, 3.8) is 0 Å². The van der Waals surface area contributed by atoms with Gasteiger partial charge in [0.1, 0.15) is 20.4 Å². The van der Waals surface area contributed by atoms with Crippen LogP contribution in [0.1, 0.15) is 40.0 Å². The van der Waals surface area contributed by atoms with Crippen LogP contribution in [0, 0.1) is 16.2 Å². The fraction of sp³-hybridized carbons (Fsp3) is 1.00. The van der Waals surface area contributed by atoms with Crippen molar-refractivity contribution in [1.82, 2.24) is 0 Å². The van der Waals surface area contributed by atoms with Crippen molar-refractivity contribution in [2.45, 2.75) is 40.0 Å². The van der Waals surface area contributed by atoms with E-state index < -0.39 is 8.60 Å². The molecule has 0 aliphatic carbocycles. The molecule has 0 aromatic carbocycles. The van der Waals surface area contributed by atoms with E-state index in [2.05, 4.69) is 20.8 Å². The Hall–Kier alpha value is 0.0700. The second kappa shape index (κ2) is 12.5. The minimum absolute atomic E-state index is 0.190. The topological polar surface area (TPSA) is 83.1 Å². The summed E-state index contributed by atoms with van der Waals surface area (Å²) in [6.45, 7) is 12.4. The van der Waals surface area contributed by atoms with Crippen molar-refractivity contribution in [2.75, 3.05) is 79.8 Å². The molecule has 3 aliphatic heterocycles. The van der Waals surface area contributed by atoms with Gasteiger partial charge in [0.25, 0.3) is 0 Å². The average molecular weight is 467 g/mol. The zero-order valence-corrected chi connectivity index (χ0v) is 20.1. The Balaban J connectivity index is 1.60. The molecule has 0 aromatic heterocycles. The molecule has 31 heavy (non-hydrogen) atoms. The van der Waals surface area contributed by atoms with Crippen LogP contribution in [-0.2, 0) is 42.0 Å². The van der Waals surface area contributed by atoms with Crippen LogP contribution in [0.5, 0.6) is 0 Å². The quantitative estimate of drug-likeness (QED) is 0.402. The van der Waals surface area contributed by atoms with Crippen molar-refractivity contribution in [3.05, 3.63) is 0 Å². The lowest BCUT2D eigenvalue weighted by Crippen LogP contribution is -2.42. The summed E-state index contributed by atoms with van der Waals surface area (Å²) in [5, 5.41) is 0. The van der Waals surface area contributed by atoms with Gasteiger partial charge in [0.15, 0.2) is 0 Å². The van der Waals surface area contributed by atoms with Crippen molar-refractivity contribution in [2.24, 2.45) is 16.2 Å². The molecule has 0 N–H and O–H groups in total. The molecule has 0 aromatic rings. The Bertz CT molecular complexity index is 432. The lowest BCUT2D eigenvalue weighted by Gasteiger charge is -2.39. The third-order valence-electron chi connectivity index (χ3n) is 6.63. The first-order valence-corrected chi connectivity index (χ1v) is 12.3. The average Bonchev–Trinajstić information content (AvgIpc) is 2.85. The molecule has 0 bridgehead atoms. The molecule has 3 saturated heterocycles. The summed E-state index contributed by atoms with van der Waals surface area (Å²) in [4.78, 5) is 0. The van der Waals surface area contributed by atoms with Crippen LogP contribution in [0.15, 0.2) is 0 Å². The molecular weight excluding hydrogens is 427 g/mol. The molecule has 10 heteroatoms. The second-order valence-electron chi connectivity index (χ2n) is 9.05. The molecule has 3 fully saturated rings. The van der Waals surface area contributed by atoms with E-state index in [1.165, 1.54) is 0 Å². The zero-order valence-electron chi connectivity index (χ0n) is 19.2. The van der Waals surface area contributed by atoms with E-state index in [9.17, 15) is 0 Å². The molecule has 9 nitrogen and oxygen atoms in total. The van der Waals surface area contributed by atoms with Gasteiger partial charge in [-0.3, -0.25) is 0 Å². The summed E-state index contributed by atoms with van der Waals surface area (Å²) in [5.74, 6) is 0. The molecule has 3 heterocycles. The number of hydrogen-bond acceptors (Lipinski definition) is 9. The molecule has 0 spiro atoms. The van der Waals surface area contributed by atoms with Gasteiger partial charge in [0, 0.05) is 16.2 Å². The first-order chi connectivity index (χ1) is 15.1.